The van der Waals surface area contributed by atoms with E-state index in [4.69, 9.17) is 69.6 Å². The predicted octanol–water partition coefficient (Wildman–Crippen LogP) is 9.88. The number of nitrogens with one attached hydrogen (secondary N) is 3. The number of likely N-dealkylation sites (N-methyl/N-ethyl adjacent to an activating group) is 3. The third kappa shape index (κ3) is 13.1. The largest absolute Gasteiger partial charge is 0.301 e. The summed E-state index contributed by atoms with van der Waals surface area (Å²) in [7, 11) is -6.26. The molecular formula is C54H57Cl6N7O6S3. The Bertz CT molecular complexity index is 3160. The third-order valence-corrected chi connectivity index (χ3v) is 20.4. The Balaban J connectivity index is 0.908. The molecule has 6 aromatic carbocycles. The van der Waals surface area contributed by atoms with Crippen LogP contribution in [0.25, 0.3) is 0 Å². The van der Waals surface area contributed by atoms with Gasteiger partial charge < -0.3 is 14.7 Å². The quantitative estimate of drug-likeness (QED) is 0.0759. The second-order valence-corrected chi connectivity index (χ2v) is 27.7. The van der Waals surface area contributed by atoms with Gasteiger partial charge in [0.15, 0.2) is 0 Å². The van der Waals surface area contributed by atoms with Crippen LogP contribution >= 0.6 is 69.6 Å². The SMILES string of the molecule is CN1Cc2c(Cl)cc(Cl)cc2C(c2cccc(S(=O)(=O)NCCN(CCNS(=O)(=O)c3cccc(C4CN(C)Cc5c(Cl)cc(Cl)cc54)c3)CCNS(=O)(=O)c3cccc(C4CN(C)Cc5c(Cl)cc(Cl)cc54)c3)c2)C1. The highest BCUT2D eigenvalue weighted by atomic mass is 35.5. The van der Waals surface area contributed by atoms with Gasteiger partial charge in [-0.05, 0) is 144 Å². The highest BCUT2D eigenvalue weighted by Crippen LogP contribution is 2.42. The van der Waals surface area contributed by atoms with Crippen molar-refractivity contribution in [1.29, 1.82) is 0 Å². The number of fused-ring (bicyclic) bond motifs is 3. The number of sulfonamides is 3. The molecular weight excluding hydrogens is 1150 g/mol. The van der Waals surface area contributed by atoms with Gasteiger partial charge in [0, 0.05) is 126 Å². The van der Waals surface area contributed by atoms with E-state index >= 15 is 0 Å². The molecule has 0 saturated carbocycles. The normalized spacial score (nSPS) is 18.6. The molecule has 22 heteroatoms. The standard InChI is InChI=1S/C54H57Cl6N7O6S3/c1-64-28-46(43-22-37(55)25-52(58)49(43)31-64)34-7-4-10-40(19-34)74(68,69)61-13-16-67(17-14-62-75(70,71)41-11-5-8-35(20-41)47-29-65(2)32-50-44(47)23-38(56)26-53(50)59)18-15-63-76(72,73)42-12-6-9-36(21-42)48-30-66(3)33-51-45(48)24-39(57)27-54(51)60/h4-12,19-27,46-48,61-63H,13-18,28-33H2,1-3H3. The van der Waals surface area contributed by atoms with E-state index in [0.29, 0.717) is 69.4 Å². The van der Waals surface area contributed by atoms with Crippen molar-refractivity contribution in [1.82, 2.24) is 33.8 Å². The summed E-state index contributed by atoms with van der Waals surface area (Å²) in [6, 6.07) is 31.1. The van der Waals surface area contributed by atoms with Gasteiger partial charge in [-0.15, -0.1) is 0 Å². The van der Waals surface area contributed by atoms with Gasteiger partial charge in [0.2, 0.25) is 30.1 Å². The van der Waals surface area contributed by atoms with Gasteiger partial charge in [-0.1, -0.05) is 106 Å². The summed E-state index contributed by atoms with van der Waals surface area (Å²) in [6.07, 6.45) is 0. The van der Waals surface area contributed by atoms with Crippen LogP contribution in [0.15, 0.2) is 124 Å². The van der Waals surface area contributed by atoms with Gasteiger partial charge in [-0.25, -0.2) is 39.4 Å². The van der Waals surface area contributed by atoms with Crippen LogP contribution in [-0.4, -0.2) is 125 Å². The molecule has 0 radical (unpaired) electrons. The Hall–Kier alpha value is -3.37. The predicted molar refractivity (Wildman–Crippen MR) is 305 cm³/mol. The minimum Gasteiger partial charge on any atom is -0.301 e. The smallest absolute Gasteiger partial charge is 0.240 e. The molecule has 9 rings (SSSR count). The van der Waals surface area contributed by atoms with Crippen molar-refractivity contribution in [2.75, 3.05) is 80.0 Å². The lowest BCUT2D eigenvalue weighted by Gasteiger charge is -2.33. The van der Waals surface area contributed by atoms with Crippen LogP contribution in [0, 0.1) is 0 Å². The Morgan fingerprint density at radius 2 is 0.711 bits per heavy atom. The first kappa shape index (κ1) is 57.3. The average molecular weight is 1210 g/mol. The first-order chi connectivity index (χ1) is 36.0. The minimum absolute atomic E-state index is 0.0635. The van der Waals surface area contributed by atoms with E-state index in [2.05, 4.69) is 28.9 Å². The van der Waals surface area contributed by atoms with E-state index in [1.807, 2.05) is 57.5 Å². The van der Waals surface area contributed by atoms with Crippen molar-refractivity contribution in [2.24, 2.45) is 0 Å². The second kappa shape index (κ2) is 23.8. The summed E-state index contributed by atoms with van der Waals surface area (Å²) in [6.45, 7) is 3.81. The molecule has 404 valence electrons. The third-order valence-electron chi connectivity index (χ3n) is 14.3. The van der Waals surface area contributed by atoms with E-state index < -0.39 is 30.1 Å². The maximum Gasteiger partial charge on any atom is 0.240 e. The summed E-state index contributed by atoms with van der Waals surface area (Å²) in [5.74, 6) is -0.581. The molecule has 0 fully saturated rings. The number of hydrogen-bond donors (Lipinski definition) is 3. The van der Waals surface area contributed by atoms with Crippen molar-refractivity contribution >= 4 is 99.7 Å². The van der Waals surface area contributed by atoms with E-state index in [1.165, 1.54) is 18.2 Å². The first-order valence-corrected chi connectivity index (χ1v) is 31.3. The second-order valence-electron chi connectivity index (χ2n) is 19.9. The Morgan fingerprint density at radius 3 is 0.987 bits per heavy atom. The lowest BCUT2D eigenvalue weighted by Crippen LogP contribution is -2.43. The molecule has 76 heavy (non-hydrogen) atoms. The molecule has 3 N–H and O–H groups in total. The fraction of sp³-hybridized carbons (Fsp3) is 0.333. The van der Waals surface area contributed by atoms with E-state index in [9.17, 15) is 25.3 Å². The van der Waals surface area contributed by atoms with Crippen LogP contribution in [0.4, 0.5) is 0 Å². The Morgan fingerprint density at radius 1 is 0.434 bits per heavy atom. The average Bonchev–Trinajstić information content (AvgIpc) is 3.37. The lowest BCUT2D eigenvalue weighted by atomic mass is 9.85. The zero-order valence-electron chi connectivity index (χ0n) is 41.8. The number of benzene rings is 6. The van der Waals surface area contributed by atoms with Crippen molar-refractivity contribution in [3.8, 4) is 0 Å². The van der Waals surface area contributed by atoms with Gasteiger partial charge in [0.05, 0.1) is 14.7 Å². The lowest BCUT2D eigenvalue weighted by molar-refractivity contribution is 0.287. The monoisotopic (exact) mass is 1210 g/mol. The van der Waals surface area contributed by atoms with Crippen molar-refractivity contribution < 1.29 is 25.3 Å². The molecule has 0 amide bonds. The summed E-state index contributed by atoms with van der Waals surface area (Å²) in [5.41, 5.74) is 7.98. The van der Waals surface area contributed by atoms with Crippen molar-refractivity contribution in [3.63, 3.8) is 0 Å². The number of nitrogens with zero attached hydrogens (tertiary/aromatic N) is 4. The molecule has 3 aliphatic rings. The number of halogens is 6. The summed E-state index contributed by atoms with van der Waals surface area (Å²) in [4.78, 5) is 8.36. The molecule has 3 aliphatic heterocycles. The van der Waals surface area contributed by atoms with E-state index in [1.54, 1.807) is 59.5 Å². The maximum atomic E-state index is 14.0. The minimum atomic E-state index is -4.07. The van der Waals surface area contributed by atoms with Crippen molar-refractivity contribution in [3.05, 3.63) is 189 Å². The molecule has 6 aromatic rings. The summed E-state index contributed by atoms with van der Waals surface area (Å²) >= 11 is 39.2. The van der Waals surface area contributed by atoms with Gasteiger partial charge in [0.1, 0.15) is 0 Å². The van der Waals surface area contributed by atoms with Gasteiger partial charge in [-0.3, -0.25) is 4.90 Å². The highest BCUT2D eigenvalue weighted by Gasteiger charge is 2.32. The molecule has 0 aromatic heterocycles. The number of rotatable bonds is 18. The molecule has 13 nitrogen and oxygen atoms in total. The Kier molecular flexibility index (Phi) is 17.9. The fourth-order valence-electron chi connectivity index (χ4n) is 10.7. The van der Waals surface area contributed by atoms with Crippen molar-refractivity contribution in [2.45, 2.75) is 52.1 Å². The van der Waals surface area contributed by atoms with Crippen LogP contribution < -0.4 is 14.2 Å². The summed E-state index contributed by atoms with van der Waals surface area (Å²) < 4.78 is 92.1. The van der Waals surface area contributed by atoms with Crippen LogP contribution in [0.1, 0.15) is 67.8 Å². The van der Waals surface area contributed by atoms with E-state index in [0.717, 1.165) is 50.1 Å². The van der Waals surface area contributed by atoms with Crippen LogP contribution in [0.2, 0.25) is 30.1 Å². The molecule has 0 bridgehead atoms. The van der Waals surface area contributed by atoms with Crippen LogP contribution in [-0.2, 0) is 49.7 Å². The molecule has 3 heterocycles. The molecule has 3 unspecified atom stereocenters. The van der Waals surface area contributed by atoms with E-state index in [-0.39, 0.29) is 71.7 Å². The van der Waals surface area contributed by atoms with Crippen LogP contribution in [0.5, 0.6) is 0 Å². The molecule has 0 aliphatic carbocycles. The Labute approximate surface area is 476 Å². The molecule has 3 atom stereocenters. The van der Waals surface area contributed by atoms with Gasteiger partial charge in [-0.2, -0.15) is 0 Å². The highest BCUT2D eigenvalue weighted by molar-refractivity contribution is 7.90. The fourth-order valence-corrected chi connectivity index (χ4v) is 15.6. The first-order valence-electron chi connectivity index (χ1n) is 24.6. The van der Waals surface area contributed by atoms with Gasteiger partial charge in [0.25, 0.3) is 0 Å². The van der Waals surface area contributed by atoms with Crippen LogP contribution in [0.3, 0.4) is 0 Å². The zero-order valence-corrected chi connectivity index (χ0v) is 48.8. The maximum absolute atomic E-state index is 14.0. The topological polar surface area (TPSA) is 151 Å². The zero-order chi connectivity index (χ0) is 54.3. The molecule has 0 saturated heterocycles. The van der Waals surface area contributed by atoms with Gasteiger partial charge >= 0.3 is 0 Å². The number of hydrogen-bond acceptors (Lipinski definition) is 10. The molecule has 0 spiro atoms. The summed E-state index contributed by atoms with van der Waals surface area (Å²) in [5, 5.41) is 3.14.